The number of dihydropyridines is 1. The molecule has 0 fully saturated rings. The Bertz CT molecular complexity index is 1130. The molecule has 31 heavy (non-hydrogen) atoms. The van der Waals surface area contributed by atoms with Crippen molar-refractivity contribution in [1.29, 1.82) is 5.26 Å². The van der Waals surface area contributed by atoms with E-state index in [1.54, 1.807) is 12.1 Å². The zero-order valence-corrected chi connectivity index (χ0v) is 20.1. The molecule has 0 amide bonds. The molecule has 0 spiro atoms. The third-order valence-electron chi connectivity index (χ3n) is 5.24. The van der Waals surface area contributed by atoms with Crippen molar-refractivity contribution >= 4 is 39.3 Å². The monoisotopic (exact) mass is 494 g/mol. The van der Waals surface area contributed by atoms with E-state index in [1.165, 1.54) is 24.2 Å². The van der Waals surface area contributed by atoms with Crippen molar-refractivity contribution in [2.45, 2.75) is 33.1 Å². The van der Waals surface area contributed by atoms with E-state index < -0.39 is 5.92 Å². The molecule has 4 nitrogen and oxygen atoms in total. The van der Waals surface area contributed by atoms with Gasteiger partial charge in [0.25, 0.3) is 0 Å². The average molecular weight is 495 g/mol. The van der Waals surface area contributed by atoms with Crippen molar-refractivity contribution in [3.63, 3.8) is 0 Å². The molecular weight excluding hydrogens is 472 g/mol. The van der Waals surface area contributed by atoms with Crippen LogP contribution in [0.2, 0.25) is 0 Å². The van der Waals surface area contributed by atoms with Crippen LogP contribution < -0.4 is 5.32 Å². The van der Waals surface area contributed by atoms with E-state index in [0.29, 0.717) is 27.4 Å². The quantitative estimate of drug-likeness (QED) is 0.484. The molecule has 0 radical (unpaired) electrons. The van der Waals surface area contributed by atoms with Gasteiger partial charge in [0.05, 0.1) is 28.3 Å². The van der Waals surface area contributed by atoms with Gasteiger partial charge < -0.3 is 5.32 Å². The molecule has 2 aromatic carbocycles. The largest absolute Gasteiger partial charge is 0.353 e. The number of nitrogens with one attached hydrogen (secondary N) is 1. The first kappa shape index (κ1) is 23.1. The number of hydrogen-bond acceptors (Lipinski definition) is 5. The van der Waals surface area contributed by atoms with Crippen molar-refractivity contribution in [3.8, 4) is 6.07 Å². The zero-order valence-electron chi connectivity index (χ0n) is 17.7. The highest BCUT2D eigenvalue weighted by Gasteiger charge is 2.33. The average Bonchev–Trinajstić information content (AvgIpc) is 2.76. The lowest BCUT2D eigenvalue weighted by Gasteiger charge is -2.29. The maximum Gasteiger partial charge on any atom is 0.173 e. The predicted octanol–water partition coefficient (Wildman–Crippen LogP) is 5.91. The second-order valence-corrected chi connectivity index (χ2v) is 9.23. The minimum Gasteiger partial charge on any atom is -0.353 e. The number of thioether (sulfide) groups is 1. The van der Waals surface area contributed by atoms with Crippen LogP contribution in [0.5, 0.6) is 0 Å². The fourth-order valence-electron chi connectivity index (χ4n) is 3.66. The van der Waals surface area contributed by atoms with Crippen molar-refractivity contribution < 1.29 is 9.59 Å². The summed E-state index contributed by atoms with van der Waals surface area (Å²) in [6.07, 6.45) is 0.917. The summed E-state index contributed by atoms with van der Waals surface area (Å²) in [6.45, 7) is 5.45. The first-order valence-electron chi connectivity index (χ1n) is 9.99. The summed E-state index contributed by atoms with van der Waals surface area (Å²) < 4.78 is 0.844. The summed E-state index contributed by atoms with van der Waals surface area (Å²) in [7, 11) is 0. The number of carbonyl (C=O) groups is 2. The molecule has 1 aliphatic rings. The number of carbonyl (C=O) groups excluding carboxylic acids is 2. The van der Waals surface area contributed by atoms with Crippen LogP contribution in [0.15, 0.2) is 74.9 Å². The van der Waals surface area contributed by atoms with Crippen LogP contribution >= 0.6 is 27.7 Å². The van der Waals surface area contributed by atoms with Gasteiger partial charge in [-0.3, -0.25) is 9.59 Å². The molecule has 6 heteroatoms. The highest BCUT2D eigenvalue weighted by atomic mass is 79.9. The Morgan fingerprint density at radius 2 is 1.90 bits per heavy atom. The van der Waals surface area contributed by atoms with E-state index in [4.69, 9.17) is 0 Å². The Balaban J connectivity index is 1.95. The van der Waals surface area contributed by atoms with Gasteiger partial charge in [0, 0.05) is 21.3 Å². The van der Waals surface area contributed by atoms with Gasteiger partial charge in [-0.1, -0.05) is 71.0 Å². The lowest BCUT2D eigenvalue weighted by molar-refractivity contribution is -0.113. The Kier molecular flexibility index (Phi) is 7.53. The lowest BCUT2D eigenvalue weighted by Crippen LogP contribution is -2.27. The number of hydrogen-bond donors (Lipinski definition) is 1. The topological polar surface area (TPSA) is 70.0 Å². The molecule has 1 N–H and O–H groups in total. The van der Waals surface area contributed by atoms with Crippen LogP contribution in [-0.2, 0) is 11.2 Å². The van der Waals surface area contributed by atoms with Gasteiger partial charge in [0.1, 0.15) is 0 Å². The highest BCUT2D eigenvalue weighted by Crippen LogP contribution is 2.41. The molecule has 1 atom stereocenters. The summed E-state index contributed by atoms with van der Waals surface area (Å²) >= 11 is 4.69. The Labute approximate surface area is 195 Å². The van der Waals surface area contributed by atoms with Gasteiger partial charge in [-0.15, -0.1) is 0 Å². The fourth-order valence-corrected chi connectivity index (χ4v) is 5.04. The van der Waals surface area contributed by atoms with E-state index in [1.807, 2.05) is 43.3 Å². The highest BCUT2D eigenvalue weighted by molar-refractivity contribution is 9.10. The van der Waals surface area contributed by atoms with Crippen LogP contribution in [0.3, 0.4) is 0 Å². The third kappa shape index (κ3) is 5.17. The third-order valence-corrected chi connectivity index (χ3v) is 6.75. The second-order valence-electron chi connectivity index (χ2n) is 7.32. The first-order valence-corrected chi connectivity index (χ1v) is 11.8. The summed E-state index contributed by atoms with van der Waals surface area (Å²) in [5.41, 5.74) is 4.47. The number of Topliss-reactive ketones (excluding diaryl/α,β-unsaturated/α-hetero) is 2. The van der Waals surface area contributed by atoms with Crippen molar-refractivity contribution in [2.24, 2.45) is 0 Å². The smallest absolute Gasteiger partial charge is 0.173 e. The minimum absolute atomic E-state index is 0.0271. The van der Waals surface area contributed by atoms with Crippen LogP contribution in [0.1, 0.15) is 48.2 Å². The van der Waals surface area contributed by atoms with Crippen LogP contribution in [-0.4, -0.2) is 17.3 Å². The molecule has 1 heterocycles. The van der Waals surface area contributed by atoms with Crippen molar-refractivity contribution in [3.05, 3.63) is 91.6 Å². The minimum atomic E-state index is -0.446. The van der Waals surface area contributed by atoms with Gasteiger partial charge in [-0.25, -0.2) is 0 Å². The summed E-state index contributed by atoms with van der Waals surface area (Å²) in [4.78, 5) is 25.1. The Morgan fingerprint density at radius 1 is 1.19 bits per heavy atom. The number of benzene rings is 2. The maximum absolute atomic E-state index is 12.7. The SMILES string of the molecule is CCc1ccc(C2C(C#N)=C(SCC(=O)c3cccc(Br)c3)NC(C)=C2C(C)=O)cc1. The van der Waals surface area contributed by atoms with E-state index in [-0.39, 0.29) is 17.3 Å². The fraction of sp³-hybridized carbons (Fsp3) is 0.240. The van der Waals surface area contributed by atoms with E-state index >= 15 is 0 Å². The molecule has 2 aromatic rings. The summed E-state index contributed by atoms with van der Waals surface area (Å²) in [5, 5.41) is 13.8. The zero-order chi connectivity index (χ0) is 22.5. The standard InChI is InChI=1S/C25H23BrN2O2S/c1-4-17-8-10-18(11-9-17)24-21(13-27)25(28-15(2)23(24)16(3)29)31-14-22(30)19-6-5-7-20(26)12-19/h5-12,24,28H,4,14H2,1-3H3. The number of nitrogens with zero attached hydrogens (tertiary/aromatic N) is 1. The lowest BCUT2D eigenvalue weighted by atomic mass is 9.81. The molecule has 1 aliphatic heterocycles. The summed E-state index contributed by atoms with van der Waals surface area (Å²) in [6, 6.07) is 17.6. The predicted molar refractivity (Wildman–Crippen MR) is 129 cm³/mol. The van der Waals surface area contributed by atoms with Crippen LogP contribution in [0, 0.1) is 11.3 Å². The van der Waals surface area contributed by atoms with Crippen LogP contribution in [0.25, 0.3) is 0 Å². The maximum atomic E-state index is 12.7. The summed E-state index contributed by atoms with van der Waals surface area (Å²) in [5.74, 6) is -0.357. The molecular formula is C25H23BrN2O2S. The Morgan fingerprint density at radius 3 is 2.48 bits per heavy atom. The van der Waals surface area contributed by atoms with E-state index in [2.05, 4.69) is 34.2 Å². The number of allylic oxidation sites excluding steroid dienone is 3. The number of halogens is 1. The number of ketones is 2. The molecule has 0 aliphatic carbocycles. The van der Waals surface area contributed by atoms with E-state index in [0.717, 1.165) is 16.5 Å². The molecule has 1 unspecified atom stereocenters. The van der Waals surface area contributed by atoms with Gasteiger partial charge in [0.15, 0.2) is 11.6 Å². The molecule has 0 aromatic heterocycles. The molecule has 0 bridgehead atoms. The number of aryl methyl sites for hydroxylation is 1. The first-order chi connectivity index (χ1) is 14.8. The van der Waals surface area contributed by atoms with Crippen LogP contribution in [0.4, 0.5) is 0 Å². The van der Waals surface area contributed by atoms with Gasteiger partial charge in [-0.2, -0.15) is 5.26 Å². The van der Waals surface area contributed by atoms with Crippen molar-refractivity contribution in [2.75, 3.05) is 5.75 Å². The van der Waals surface area contributed by atoms with Gasteiger partial charge >= 0.3 is 0 Å². The van der Waals surface area contributed by atoms with Crippen molar-refractivity contribution in [1.82, 2.24) is 5.32 Å². The number of nitriles is 1. The molecule has 0 saturated carbocycles. The molecule has 0 saturated heterocycles. The number of rotatable bonds is 7. The molecule has 3 rings (SSSR count). The molecule has 158 valence electrons. The normalized spacial score (nSPS) is 16.0. The van der Waals surface area contributed by atoms with E-state index in [9.17, 15) is 14.9 Å². The second kappa shape index (κ2) is 10.1. The Hall–Kier alpha value is -2.62. The van der Waals surface area contributed by atoms with Gasteiger partial charge in [0.2, 0.25) is 0 Å². The van der Waals surface area contributed by atoms with Gasteiger partial charge in [-0.05, 0) is 43.5 Å².